The summed E-state index contributed by atoms with van der Waals surface area (Å²) < 4.78 is 1.07. The fourth-order valence-corrected chi connectivity index (χ4v) is 1.73. The molecule has 1 aromatic rings. The second kappa shape index (κ2) is 6.45. The zero-order valence-electron chi connectivity index (χ0n) is 9.06. The van der Waals surface area contributed by atoms with E-state index in [9.17, 15) is 4.79 Å². The molecule has 0 aliphatic heterocycles. The number of carboxylic acid groups (broad SMARTS) is 1. The molecule has 0 aliphatic carbocycles. The number of halogens is 1. The lowest BCUT2D eigenvalue weighted by Gasteiger charge is -2.15. The van der Waals surface area contributed by atoms with Gasteiger partial charge in [-0.15, -0.1) is 0 Å². The number of hydrogen-bond donors (Lipinski definition) is 1. The van der Waals surface area contributed by atoms with Crippen LogP contribution in [0.5, 0.6) is 0 Å². The van der Waals surface area contributed by atoms with Gasteiger partial charge in [0.1, 0.15) is 0 Å². The third-order valence-corrected chi connectivity index (χ3v) is 2.85. The summed E-state index contributed by atoms with van der Waals surface area (Å²) in [5.41, 5.74) is 1.19. The predicted octanol–water partition coefficient (Wildman–Crippen LogP) is 2.52. The van der Waals surface area contributed by atoms with Crippen LogP contribution in [-0.2, 0) is 11.3 Å². The summed E-state index contributed by atoms with van der Waals surface area (Å²) in [6, 6.07) is 8.00. The minimum absolute atomic E-state index is 0.619. The average Bonchev–Trinajstić information content (AvgIpc) is 2.21. The second-order valence-electron chi connectivity index (χ2n) is 3.53. The number of carboxylic acids is 1. The fourth-order valence-electron chi connectivity index (χ4n) is 1.32. The molecular weight excluding hydrogens is 270 g/mol. The van der Waals surface area contributed by atoms with E-state index in [1.807, 2.05) is 36.2 Å². The number of benzene rings is 1. The molecule has 4 heteroatoms. The lowest BCUT2D eigenvalue weighted by molar-refractivity contribution is -0.131. The van der Waals surface area contributed by atoms with E-state index in [0.717, 1.165) is 17.1 Å². The summed E-state index contributed by atoms with van der Waals surface area (Å²) >= 11 is 3.48. The van der Waals surface area contributed by atoms with Crippen LogP contribution in [0.25, 0.3) is 0 Å². The number of nitrogens with zero attached hydrogens (tertiary/aromatic N) is 1. The molecule has 1 N–H and O–H groups in total. The van der Waals surface area contributed by atoms with Gasteiger partial charge in [-0.2, -0.15) is 0 Å². The van der Waals surface area contributed by atoms with Crippen molar-refractivity contribution in [3.05, 3.63) is 46.5 Å². The normalized spacial score (nSPS) is 11.2. The Labute approximate surface area is 104 Å². The molecule has 0 spiro atoms. The van der Waals surface area contributed by atoms with Crippen molar-refractivity contribution in [2.45, 2.75) is 6.54 Å². The SMILES string of the molecule is CN(C/C=C/C(=O)O)Cc1ccccc1Br. The van der Waals surface area contributed by atoms with Gasteiger partial charge in [-0.25, -0.2) is 4.79 Å². The van der Waals surface area contributed by atoms with E-state index in [0.29, 0.717) is 6.54 Å². The third kappa shape index (κ3) is 4.59. The molecule has 0 atom stereocenters. The molecule has 1 aromatic carbocycles. The Morgan fingerprint density at radius 3 is 2.81 bits per heavy atom. The van der Waals surface area contributed by atoms with Gasteiger partial charge in [0.25, 0.3) is 0 Å². The lowest BCUT2D eigenvalue weighted by Crippen LogP contribution is -2.18. The first-order chi connectivity index (χ1) is 7.59. The summed E-state index contributed by atoms with van der Waals surface area (Å²) in [5, 5.41) is 8.45. The van der Waals surface area contributed by atoms with Gasteiger partial charge in [-0.3, -0.25) is 4.90 Å². The van der Waals surface area contributed by atoms with Crippen molar-refractivity contribution in [2.24, 2.45) is 0 Å². The summed E-state index contributed by atoms with van der Waals surface area (Å²) in [5.74, 6) is -0.908. The van der Waals surface area contributed by atoms with Crippen LogP contribution in [0.3, 0.4) is 0 Å². The quantitative estimate of drug-likeness (QED) is 0.845. The molecule has 0 fully saturated rings. The Bertz CT molecular complexity index is 390. The van der Waals surface area contributed by atoms with Crippen LogP contribution in [-0.4, -0.2) is 29.6 Å². The maximum Gasteiger partial charge on any atom is 0.328 e. The number of hydrogen-bond acceptors (Lipinski definition) is 2. The second-order valence-corrected chi connectivity index (χ2v) is 4.38. The van der Waals surface area contributed by atoms with E-state index >= 15 is 0 Å². The molecule has 1 rings (SSSR count). The average molecular weight is 284 g/mol. The summed E-state index contributed by atoms with van der Waals surface area (Å²) in [6.45, 7) is 1.40. The monoisotopic (exact) mass is 283 g/mol. The van der Waals surface area contributed by atoms with Gasteiger partial charge in [0.2, 0.25) is 0 Å². The van der Waals surface area contributed by atoms with Gasteiger partial charge in [0.15, 0.2) is 0 Å². The molecule has 0 radical (unpaired) electrons. The summed E-state index contributed by atoms with van der Waals surface area (Å²) in [4.78, 5) is 12.3. The van der Waals surface area contributed by atoms with Crippen molar-refractivity contribution < 1.29 is 9.90 Å². The third-order valence-electron chi connectivity index (χ3n) is 2.08. The van der Waals surface area contributed by atoms with Crippen LogP contribution in [0.2, 0.25) is 0 Å². The Balaban J connectivity index is 2.49. The number of aliphatic carboxylic acids is 1. The Kier molecular flexibility index (Phi) is 5.22. The van der Waals surface area contributed by atoms with E-state index in [-0.39, 0.29) is 0 Å². The van der Waals surface area contributed by atoms with Crippen molar-refractivity contribution in [1.29, 1.82) is 0 Å². The van der Waals surface area contributed by atoms with Crippen molar-refractivity contribution in [1.82, 2.24) is 4.90 Å². The van der Waals surface area contributed by atoms with E-state index < -0.39 is 5.97 Å². The molecule has 16 heavy (non-hydrogen) atoms. The van der Waals surface area contributed by atoms with Crippen molar-refractivity contribution >= 4 is 21.9 Å². The highest BCUT2D eigenvalue weighted by Crippen LogP contribution is 2.16. The summed E-state index contributed by atoms with van der Waals surface area (Å²) in [6.07, 6.45) is 2.80. The Morgan fingerprint density at radius 2 is 2.19 bits per heavy atom. The molecule has 0 saturated heterocycles. The topological polar surface area (TPSA) is 40.5 Å². The molecule has 0 amide bonds. The zero-order valence-corrected chi connectivity index (χ0v) is 10.6. The van der Waals surface area contributed by atoms with Crippen LogP contribution < -0.4 is 0 Å². The van der Waals surface area contributed by atoms with Crippen LogP contribution in [0.1, 0.15) is 5.56 Å². The largest absolute Gasteiger partial charge is 0.478 e. The molecule has 0 bridgehead atoms. The van der Waals surface area contributed by atoms with E-state index in [2.05, 4.69) is 15.9 Å². The number of likely N-dealkylation sites (N-methyl/N-ethyl adjacent to an activating group) is 1. The molecule has 0 saturated carbocycles. The van der Waals surface area contributed by atoms with Crippen LogP contribution in [0.15, 0.2) is 40.9 Å². The minimum atomic E-state index is -0.908. The van der Waals surface area contributed by atoms with Crippen molar-refractivity contribution in [3.8, 4) is 0 Å². The molecule has 3 nitrogen and oxygen atoms in total. The maximum absolute atomic E-state index is 10.3. The predicted molar refractivity (Wildman–Crippen MR) is 67.3 cm³/mol. The van der Waals surface area contributed by atoms with Crippen molar-refractivity contribution in [2.75, 3.05) is 13.6 Å². The zero-order chi connectivity index (χ0) is 12.0. The van der Waals surface area contributed by atoms with Gasteiger partial charge in [-0.1, -0.05) is 40.2 Å². The molecule has 0 unspecified atom stereocenters. The van der Waals surface area contributed by atoms with Gasteiger partial charge in [0.05, 0.1) is 0 Å². The summed E-state index contributed by atoms with van der Waals surface area (Å²) in [7, 11) is 1.95. The molecule has 0 aliphatic rings. The molecule has 86 valence electrons. The lowest BCUT2D eigenvalue weighted by atomic mass is 10.2. The van der Waals surface area contributed by atoms with Crippen LogP contribution in [0, 0.1) is 0 Å². The minimum Gasteiger partial charge on any atom is -0.478 e. The maximum atomic E-state index is 10.3. The van der Waals surface area contributed by atoms with Gasteiger partial charge >= 0.3 is 5.97 Å². The van der Waals surface area contributed by atoms with Crippen molar-refractivity contribution in [3.63, 3.8) is 0 Å². The van der Waals surface area contributed by atoms with E-state index in [1.54, 1.807) is 6.08 Å². The highest BCUT2D eigenvalue weighted by molar-refractivity contribution is 9.10. The van der Waals surface area contributed by atoms with Gasteiger partial charge < -0.3 is 5.11 Å². The fraction of sp³-hybridized carbons (Fsp3) is 0.250. The Hall–Kier alpha value is -1.13. The molecular formula is C12H14BrNO2. The van der Waals surface area contributed by atoms with Gasteiger partial charge in [0, 0.05) is 23.6 Å². The highest BCUT2D eigenvalue weighted by atomic mass is 79.9. The van der Waals surface area contributed by atoms with E-state index in [1.165, 1.54) is 5.56 Å². The Morgan fingerprint density at radius 1 is 1.50 bits per heavy atom. The van der Waals surface area contributed by atoms with Crippen LogP contribution >= 0.6 is 15.9 Å². The number of carbonyl (C=O) groups is 1. The first-order valence-electron chi connectivity index (χ1n) is 4.91. The first kappa shape index (κ1) is 12.9. The number of rotatable bonds is 5. The smallest absolute Gasteiger partial charge is 0.328 e. The van der Waals surface area contributed by atoms with Gasteiger partial charge in [-0.05, 0) is 18.7 Å². The van der Waals surface area contributed by atoms with Crippen LogP contribution in [0.4, 0.5) is 0 Å². The molecule has 0 aromatic heterocycles. The highest BCUT2D eigenvalue weighted by Gasteiger charge is 2.01. The van der Waals surface area contributed by atoms with E-state index in [4.69, 9.17) is 5.11 Å². The standard InChI is InChI=1S/C12H14BrNO2/c1-14(8-4-7-12(15)16)9-10-5-2-3-6-11(10)13/h2-7H,8-9H2,1H3,(H,15,16)/b7-4+. The first-order valence-corrected chi connectivity index (χ1v) is 5.70. The molecule has 0 heterocycles.